The number of rotatable bonds is 8. The SMILES string of the molecule is CCCCOc1ccc(NC(=O)C2(OCC)CCCCC2)cc1. The van der Waals surface area contributed by atoms with Gasteiger partial charge in [0.15, 0.2) is 0 Å². The largest absolute Gasteiger partial charge is 0.494 e. The molecule has 0 aliphatic heterocycles. The van der Waals surface area contributed by atoms with E-state index in [4.69, 9.17) is 9.47 Å². The molecule has 4 nitrogen and oxygen atoms in total. The number of amides is 1. The molecule has 1 aromatic carbocycles. The van der Waals surface area contributed by atoms with Crippen molar-refractivity contribution in [1.82, 2.24) is 0 Å². The molecule has 0 unspecified atom stereocenters. The number of hydrogen-bond acceptors (Lipinski definition) is 3. The van der Waals surface area contributed by atoms with Crippen molar-refractivity contribution in [3.8, 4) is 5.75 Å². The standard InChI is InChI=1S/C19H29NO3/c1-3-5-15-22-17-11-9-16(10-12-17)20-18(21)19(23-4-2)13-7-6-8-14-19/h9-12H,3-8,13-15H2,1-2H3,(H,20,21). The van der Waals surface area contributed by atoms with Gasteiger partial charge in [0.05, 0.1) is 6.61 Å². The van der Waals surface area contributed by atoms with E-state index in [2.05, 4.69) is 12.2 Å². The maximum Gasteiger partial charge on any atom is 0.256 e. The summed E-state index contributed by atoms with van der Waals surface area (Å²) in [6.45, 7) is 5.39. The average Bonchev–Trinajstić information content (AvgIpc) is 2.58. The highest BCUT2D eigenvalue weighted by molar-refractivity contribution is 5.97. The Bertz CT molecular complexity index is 472. The summed E-state index contributed by atoms with van der Waals surface area (Å²) < 4.78 is 11.5. The monoisotopic (exact) mass is 319 g/mol. The molecule has 1 saturated carbocycles. The van der Waals surface area contributed by atoms with E-state index in [1.165, 1.54) is 6.42 Å². The van der Waals surface area contributed by atoms with E-state index >= 15 is 0 Å². The van der Waals surface area contributed by atoms with E-state index in [0.29, 0.717) is 6.61 Å². The van der Waals surface area contributed by atoms with Crippen LogP contribution in [0.5, 0.6) is 5.75 Å². The van der Waals surface area contributed by atoms with Gasteiger partial charge in [-0.25, -0.2) is 0 Å². The van der Waals surface area contributed by atoms with Gasteiger partial charge in [-0.1, -0.05) is 32.6 Å². The Morgan fingerprint density at radius 1 is 1.13 bits per heavy atom. The van der Waals surface area contributed by atoms with E-state index in [1.807, 2.05) is 31.2 Å². The van der Waals surface area contributed by atoms with E-state index in [9.17, 15) is 4.79 Å². The van der Waals surface area contributed by atoms with Crippen LogP contribution in [0.15, 0.2) is 24.3 Å². The van der Waals surface area contributed by atoms with Gasteiger partial charge in [-0.2, -0.15) is 0 Å². The predicted molar refractivity (Wildman–Crippen MR) is 92.9 cm³/mol. The van der Waals surface area contributed by atoms with E-state index in [-0.39, 0.29) is 5.91 Å². The second-order valence-electron chi connectivity index (χ2n) is 6.17. The average molecular weight is 319 g/mol. The van der Waals surface area contributed by atoms with Crippen molar-refractivity contribution < 1.29 is 14.3 Å². The van der Waals surface area contributed by atoms with Crippen molar-refractivity contribution >= 4 is 11.6 Å². The normalized spacial score (nSPS) is 16.8. The smallest absolute Gasteiger partial charge is 0.256 e. The van der Waals surface area contributed by atoms with Gasteiger partial charge in [-0.05, 0) is 50.5 Å². The van der Waals surface area contributed by atoms with E-state index in [1.54, 1.807) is 0 Å². The molecule has 128 valence electrons. The minimum atomic E-state index is -0.650. The molecule has 2 rings (SSSR count). The molecule has 1 aromatic rings. The van der Waals surface area contributed by atoms with Crippen LogP contribution in [-0.4, -0.2) is 24.7 Å². The fraction of sp³-hybridized carbons (Fsp3) is 0.632. The molecule has 1 aliphatic carbocycles. The van der Waals surface area contributed by atoms with Gasteiger partial charge in [0, 0.05) is 12.3 Å². The number of carbonyl (C=O) groups excluding carboxylic acids is 1. The number of anilines is 1. The van der Waals surface area contributed by atoms with Crippen molar-refractivity contribution in [1.29, 1.82) is 0 Å². The molecule has 0 atom stereocenters. The summed E-state index contributed by atoms with van der Waals surface area (Å²) in [6, 6.07) is 7.59. The van der Waals surface area contributed by atoms with Crippen LogP contribution in [0, 0.1) is 0 Å². The lowest BCUT2D eigenvalue weighted by molar-refractivity contribution is -0.145. The number of carbonyl (C=O) groups is 1. The van der Waals surface area contributed by atoms with Gasteiger partial charge in [0.1, 0.15) is 11.4 Å². The highest BCUT2D eigenvalue weighted by Crippen LogP contribution is 2.33. The van der Waals surface area contributed by atoms with E-state index < -0.39 is 5.60 Å². The second-order valence-corrected chi connectivity index (χ2v) is 6.17. The van der Waals surface area contributed by atoms with Crippen molar-refractivity contribution in [2.45, 2.75) is 64.4 Å². The minimum Gasteiger partial charge on any atom is -0.494 e. The number of ether oxygens (including phenoxy) is 2. The Labute approximate surface area is 139 Å². The molecule has 23 heavy (non-hydrogen) atoms. The fourth-order valence-electron chi connectivity index (χ4n) is 3.05. The first kappa shape index (κ1) is 17.8. The summed E-state index contributed by atoms with van der Waals surface area (Å²) in [5.41, 5.74) is 0.144. The zero-order valence-electron chi connectivity index (χ0n) is 14.4. The molecule has 1 N–H and O–H groups in total. The zero-order valence-corrected chi connectivity index (χ0v) is 14.4. The Hall–Kier alpha value is -1.55. The molecule has 1 amide bonds. The summed E-state index contributed by atoms with van der Waals surface area (Å²) in [4.78, 5) is 12.7. The first-order valence-corrected chi connectivity index (χ1v) is 8.88. The van der Waals surface area contributed by atoms with Gasteiger partial charge >= 0.3 is 0 Å². The Balaban J connectivity index is 1.95. The minimum absolute atomic E-state index is 0.0151. The van der Waals surface area contributed by atoms with Crippen molar-refractivity contribution in [2.75, 3.05) is 18.5 Å². The lowest BCUT2D eigenvalue weighted by Crippen LogP contribution is -2.47. The second kappa shape index (κ2) is 8.92. The lowest BCUT2D eigenvalue weighted by atomic mass is 9.83. The van der Waals surface area contributed by atoms with Crippen LogP contribution in [0.4, 0.5) is 5.69 Å². The van der Waals surface area contributed by atoms with Gasteiger partial charge < -0.3 is 14.8 Å². The van der Waals surface area contributed by atoms with Crippen LogP contribution in [0.3, 0.4) is 0 Å². The summed E-state index contributed by atoms with van der Waals surface area (Å²) in [5.74, 6) is 0.826. The van der Waals surface area contributed by atoms with Crippen molar-refractivity contribution in [3.63, 3.8) is 0 Å². The molecule has 0 bridgehead atoms. The van der Waals surface area contributed by atoms with Crippen LogP contribution >= 0.6 is 0 Å². The lowest BCUT2D eigenvalue weighted by Gasteiger charge is -2.35. The number of unbranched alkanes of at least 4 members (excludes halogenated alkanes) is 1. The van der Waals surface area contributed by atoms with Gasteiger partial charge in [0.2, 0.25) is 0 Å². The molecule has 0 saturated heterocycles. The number of nitrogens with one attached hydrogen (secondary N) is 1. The molecule has 1 aliphatic rings. The molecule has 0 radical (unpaired) electrons. The van der Waals surface area contributed by atoms with Crippen molar-refractivity contribution in [3.05, 3.63) is 24.3 Å². The van der Waals surface area contributed by atoms with Gasteiger partial charge in [-0.15, -0.1) is 0 Å². The highest BCUT2D eigenvalue weighted by Gasteiger charge is 2.40. The molecule has 0 heterocycles. The Kier molecular flexibility index (Phi) is 6.90. The van der Waals surface area contributed by atoms with Crippen LogP contribution in [-0.2, 0) is 9.53 Å². The molecular weight excluding hydrogens is 290 g/mol. The topological polar surface area (TPSA) is 47.6 Å². The molecule has 4 heteroatoms. The predicted octanol–water partition coefficient (Wildman–Crippen LogP) is 4.54. The number of hydrogen-bond donors (Lipinski definition) is 1. The van der Waals surface area contributed by atoms with E-state index in [0.717, 1.165) is 56.6 Å². The Morgan fingerprint density at radius 3 is 2.43 bits per heavy atom. The summed E-state index contributed by atoms with van der Waals surface area (Å²) in [7, 11) is 0. The van der Waals surface area contributed by atoms with Gasteiger partial charge in [-0.3, -0.25) is 4.79 Å². The summed E-state index contributed by atoms with van der Waals surface area (Å²) in [5, 5.41) is 3.01. The van der Waals surface area contributed by atoms with Crippen LogP contribution in [0.2, 0.25) is 0 Å². The Morgan fingerprint density at radius 2 is 1.83 bits per heavy atom. The maximum absolute atomic E-state index is 12.7. The van der Waals surface area contributed by atoms with Crippen LogP contribution in [0.25, 0.3) is 0 Å². The molecule has 0 spiro atoms. The third kappa shape index (κ3) is 4.96. The highest BCUT2D eigenvalue weighted by atomic mass is 16.5. The molecule has 0 aromatic heterocycles. The van der Waals surface area contributed by atoms with Crippen LogP contribution in [0.1, 0.15) is 58.8 Å². The first-order valence-electron chi connectivity index (χ1n) is 8.88. The van der Waals surface area contributed by atoms with Crippen molar-refractivity contribution in [2.24, 2.45) is 0 Å². The third-order valence-corrected chi connectivity index (χ3v) is 4.37. The number of benzene rings is 1. The summed E-state index contributed by atoms with van der Waals surface area (Å²) in [6.07, 6.45) is 7.08. The maximum atomic E-state index is 12.7. The molecular formula is C19H29NO3. The first-order chi connectivity index (χ1) is 11.2. The quantitative estimate of drug-likeness (QED) is 0.715. The van der Waals surface area contributed by atoms with Gasteiger partial charge in [0.25, 0.3) is 5.91 Å². The third-order valence-electron chi connectivity index (χ3n) is 4.37. The summed E-state index contributed by atoms with van der Waals surface area (Å²) >= 11 is 0. The fourth-order valence-corrected chi connectivity index (χ4v) is 3.05. The van der Waals surface area contributed by atoms with Crippen LogP contribution < -0.4 is 10.1 Å². The zero-order chi connectivity index (χ0) is 16.5. The molecule has 1 fully saturated rings.